The SMILES string of the molecule is Cc1cccnc1CC(O)c1cc(Cl)sc1Cl. The van der Waals surface area contributed by atoms with Gasteiger partial charge in [-0.1, -0.05) is 29.3 Å². The zero-order chi connectivity index (χ0) is 12.4. The van der Waals surface area contributed by atoms with Gasteiger partial charge in [0.2, 0.25) is 0 Å². The second kappa shape index (κ2) is 5.36. The van der Waals surface area contributed by atoms with E-state index in [4.69, 9.17) is 23.2 Å². The second-order valence-electron chi connectivity index (χ2n) is 3.77. The number of halogens is 2. The van der Waals surface area contributed by atoms with Crippen LogP contribution in [0.5, 0.6) is 0 Å². The minimum Gasteiger partial charge on any atom is -0.388 e. The van der Waals surface area contributed by atoms with Crippen molar-refractivity contribution in [3.63, 3.8) is 0 Å². The summed E-state index contributed by atoms with van der Waals surface area (Å²) >= 11 is 13.1. The number of rotatable bonds is 3. The molecule has 0 aliphatic heterocycles. The number of pyridine rings is 1. The summed E-state index contributed by atoms with van der Waals surface area (Å²) in [6.07, 6.45) is 1.50. The van der Waals surface area contributed by atoms with E-state index in [2.05, 4.69) is 4.98 Å². The van der Waals surface area contributed by atoms with Gasteiger partial charge in [0.05, 0.1) is 10.4 Å². The van der Waals surface area contributed by atoms with Crippen LogP contribution in [0.4, 0.5) is 0 Å². The van der Waals surface area contributed by atoms with Crippen molar-refractivity contribution >= 4 is 34.5 Å². The molecule has 0 aromatic carbocycles. The molecule has 2 aromatic rings. The number of hydrogen-bond acceptors (Lipinski definition) is 3. The lowest BCUT2D eigenvalue weighted by molar-refractivity contribution is 0.177. The van der Waals surface area contributed by atoms with Crippen molar-refractivity contribution in [3.8, 4) is 0 Å². The van der Waals surface area contributed by atoms with Gasteiger partial charge in [-0.2, -0.15) is 0 Å². The number of aliphatic hydroxyl groups is 1. The Hall–Kier alpha value is -0.610. The van der Waals surface area contributed by atoms with Gasteiger partial charge in [0.25, 0.3) is 0 Å². The van der Waals surface area contributed by atoms with Crippen LogP contribution in [0, 0.1) is 6.92 Å². The summed E-state index contributed by atoms with van der Waals surface area (Å²) in [6.45, 7) is 1.97. The molecule has 2 rings (SSSR count). The first kappa shape index (κ1) is 12.8. The standard InChI is InChI=1S/C12H11Cl2NOS/c1-7-3-2-4-15-9(7)6-10(16)8-5-11(13)17-12(8)14/h2-5,10,16H,6H2,1H3. The summed E-state index contributed by atoms with van der Waals surface area (Å²) in [5.41, 5.74) is 2.61. The Morgan fingerprint density at radius 2 is 2.24 bits per heavy atom. The van der Waals surface area contributed by atoms with E-state index < -0.39 is 6.10 Å². The maximum atomic E-state index is 10.1. The van der Waals surface area contributed by atoms with Gasteiger partial charge in [0.1, 0.15) is 4.34 Å². The third-order valence-electron chi connectivity index (χ3n) is 2.55. The Morgan fingerprint density at radius 1 is 1.47 bits per heavy atom. The first-order valence-electron chi connectivity index (χ1n) is 5.11. The molecule has 1 atom stereocenters. The van der Waals surface area contributed by atoms with Gasteiger partial charge in [-0.25, -0.2) is 0 Å². The molecule has 0 amide bonds. The topological polar surface area (TPSA) is 33.1 Å². The molecule has 0 saturated carbocycles. The molecule has 17 heavy (non-hydrogen) atoms. The van der Waals surface area contributed by atoms with Gasteiger partial charge in [0, 0.05) is 23.9 Å². The Kier molecular flexibility index (Phi) is 4.05. The number of nitrogens with zero attached hydrogens (tertiary/aromatic N) is 1. The van der Waals surface area contributed by atoms with Crippen molar-refractivity contribution in [3.05, 3.63) is 49.9 Å². The van der Waals surface area contributed by atoms with Crippen LogP contribution in [-0.4, -0.2) is 10.1 Å². The molecular formula is C12H11Cl2NOS. The monoisotopic (exact) mass is 287 g/mol. The van der Waals surface area contributed by atoms with Gasteiger partial charge in [0.15, 0.2) is 0 Å². The molecule has 5 heteroatoms. The van der Waals surface area contributed by atoms with Crippen LogP contribution in [0.2, 0.25) is 8.67 Å². The van der Waals surface area contributed by atoms with Crippen molar-refractivity contribution in [1.29, 1.82) is 0 Å². The Labute approximate surface area is 114 Å². The van der Waals surface area contributed by atoms with Gasteiger partial charge >= 0.3 is 0 Å². The molecule has 0 aliphatic rings. The fourth-order valence-electron chi connectivity index (χ4n) is 1.61. The van der Waals surface area contributed by atoms with E-state index in [1.807, 2.05) is 19.1 Å². The molecule has 0 fully saturated rings. The van der Waals surface area contributed by atoms with Crippen molar-refractivity contribution in [2.75, 3.05) is 0 Å². The van der Waals surface area contributed by atoms with Gasteiger partial charge in [-0.15, -0.1) is 11.3 Å². The lowest BCUT2D eigenvalue weighted by atomic mass is 10.1. The Balaban J connectivity index is 2.20. The lowest BCUT2D eigenvalue weighted by Gasteiger charge is -2.10. The average Bonchev–Trinajstić information content (AvgIpc) is 2.61. The Bertz CT molecular complexity index is 527. The van der Waals surface area contributed by atoms with Crippen LogP contribution in [0.15, 0.2) is 24.4 Å². The third kappa shape index (κ3) is 2.99. The van der Waals surface area contributed by atoms with Crippen LogP contribution < -0.4 is 0 Å². The Morgan fingerprint density at radius 3 is 2.82 bits per heavy atom. The van der Waals surface area contributed by atoms with Crippen molar-refractivity contribution in [1.82, 2.24) is 4.98 Å². The van der Waals surface area contributed by atoms with Gasteiger partial charge in [-0.05, 0) is 24.6 Å². The highest BCUT2D eigenvalue weighted by molar-refractivity contribution is 7.20. The number of aryl methyl sites for hydroxylation is 1. The van der Waals surface area contributed by atoms with Crippen LogP contribution in [0.25, 0.3) is 0 Å². The summed E-state index contributed by atoms with van der Waals surface area (Å²) in [4.78, 5) is 4.25. The second-order valence-corrected chi connectivity index (χ2v) is 6.05. The molecule has 1 N–H and O–H groups in total. The van der Waals surface area contributed by atoms with Crippen molar-refractivity contribution < 1.29 is 5.11 Å². The predicted octanol–water partition coefficient (Wildman–Crippen LogP) is 4.03. The molecule has 0 saturated heterocycles. The minimum absolute atomic E-state index is 0.444. The number of aromatic nitrogens is 1. The van der Waals surface area contributed by atoms with E-state index in [1.165, 1.54) is 11.3 Å². The molecule has 2 heterocycles. The molecule has 2 aromatic heterocycles. The third-order valence-corrected chi connectivity index (χ3v) is 4.06. The average molecular weight is 288 g/mol. The summed E-state index contributed by atoms with van der Waals surface area (Å²) in [5, 5.41) is 10.1. The largest absolute Gasteiger partial charge is 0.388 e. The summed E-state index contributed by atoms with van der Waals surface area (Å²) in [6, 6.07) is 5.55. The van der Waals surface area contributed by atoms with Crippen LogP contribution in [-0.2, 0) is 6.42 Å². The lowest BCUT2D eigenvalue weighted by Crippen LogP contribution is -2.04. The predicted molar refractivity (Wildman–Crippen MR) is 72.0 cm³/mol. The van der Waals surface area contributed by atoms with Gasteiger partial charge in [-0.3, -0.25) is 4.98 Å². The van der Waals surface area contributed by atoms with Gasteiger partial charge < -0.3 is 5.11 Å². The normalized spacial score (nSPS) is 12.7. The molecule has 0 spiro atoms. The van der Waals surface area contributed by atoms with E-state index in [1.54, 1.807) is 12.3 Å². The van der Waals surface area contributed by atoms with E-state index in [9.17, 15) is 5.11 Å². The number of aliphatic hydroxyl groups excluding tert-OH is 1. The molecule has 0 aliphatic carbocycles. The molecule has 90 valence electrons. The quantitative estimate of drug-likeness (QED) is 0.924. The maximum Gasteiger partial charge on any atom is 0.100 e. The van der Waals surface area contributed by atoms with Crippen molar-refractivity contribution in [2.24, 2.45) is 0 Å². The molecule has 0 radical (unpaired) electrons. The summed E-state index contributed by atoms with van der Waals surface area (Å²) in [5.74, 6) is 0. The van der Waals surface area contributed by atoms with Crippen LogP contribution in [0.3, 0.4) is 0 Å². The first-order valence-corrected chi connectivity index (χ1v) is 6.68. The van der Waals surface area contributed by atoms with E-state index in [0.29, 0.717) is 20.7 Å². The fourth-order valence-corrected chi connectivity index (χ4v) is 3.17. The highest BCUT2D eigenvalue weighted by atomic mass is 35.5. The number of hydrogen-bond donors (Lipinski definition) is 1. The zero-order valence-electron chi connectivity index (χ0n) is 9.15. The van der Waals surface area contributed by atoms with Crippen molar-refractivity contribution in [2.45, 2.75) is 19.4 Å². The van der Waals surface area contributed by atoms with E-state index in [-0.39, 0.29) is 0 Å². The summed E-state index contributed by atoms with van der Waals surface area (Å²) in [7, 11) is 0. The smallest absolute Gasteiger partial charge is 0.100 e. The zero-order valence-corrected chi connectivity index (χ0v) is 11.5. The summed E-state index contributed by atoms with van der Waals surface area (Å²) < 4.78 is 1.12. The van der Waals surface area contributed by atoms with E-state index in [0.717, 1.165) is 11.3 Å². The van der Waals surface area contributed by atoms with Crippen LogP contribution >= 0.6 is 34.5 Å². The molecule has 2 nitrogen and oxygen atoms in total. The van der Waals surface area contributed by atoms with E-state index >= 15 is 0 Å². The molecule has 1 unspecified atom stereocenters. The highest BCUT2D eigenvalue weighted by Gasteiger charge is 2.16. The number of thiophene rings is 1. The highest BCUT2D eigenvalue weighted by Crippen LogP contribution is 2.36. The minimum atomic E-state index is -0.667. The maximum absolute atomic E-state index is 10.1. The molecular weight excluding hydrogens is 277 g/mol. The first-order chi connectivity index (χ1) is 8.08. The molecule has 0 bridgehead atoms. The fraction of sp³-hybridized carbons (Fsp3) is 0.250. The van der Waals surface area contributed by atoms with Crippen LogP contribution in [0.1, 0.15) is 22.9 Å².